The molecule has 8 heteroatoms. The maximum absolute atomic E-state index is 11.9. The Balaban J connectivity index is 2.07. The number of para-hydroxylation sites is 2. The highest BCUT2D eigenvalue weighted by atomic mass is 35.6. The van der Waals surface area contributed by atoms with E-state index in [2.05, 4.69) is 0 Å². The Bertz CT molecular complexity index is 416. The molecule has 0 aliphatic carbocycles. The minimum Gasteiger partial charge on any atom is -0.391 e. The fraction of sp³-hybridized carbons (Fsp3) is 0.250. The van der Waals surface area contributed by atoms with Crippen LogP contribution in [-0.4, -0.2) is 10.4 Å². The van der Waals surface area contributed by atoms with Gasteiger partial charge in [0.25, 0.3) is 0 Å². The predicted molar refractivity (Wildman–Crippen MR) is 61.5 cm³/mol. The summed E-state index contributed by atoms with van der Waals surface area (Å²) in [5.41, 5.74) is 0. The summed E-state index contributed by atoms with van der Waals surface area (Å²) in [5, 5.41) is 0. The number of fused-ring (bicyclic) bond motifs is 1. The molecule has 1 aliphatic rings. The van der Waals surface area contributed by atoms with E-state index in [1.165, 1.54) is 0 Å². The van der Waals surface area contributed by atoms with Gasteiger partial charge in [0.05, 0.1) is 0 Å². The smallest absolute Gasteiger partial charge is 0.391 e. The van der Waals surface area contributed by atoms with Crippen molar-refractivity contribution in [2.75, 3.05) is 6.61 Å². The molecule has 16 heavy (non-hydrogen) atoms. The second-order valence-electron chi connectivity index (χ2n) is 2.97. The molecule has 1 aliphatic heterocycles. The van der Waals surface area contributed by atoms with Crippen molar-refractivity contribution < 1.29 is 18.1 Å². The Hall–Kier alpha value is -0.120. The topological polar surface area (TPSA) is 44.8 Å². The van der Waals surface area contributed by atoms with E-state index >= 15 is 0 Å². The molecule has 2 rings (SSSR count). The summed E-state index contributed by atoms with van der Waals surface area (Å²) < 4.78 is 25.1. The van der Waals surface area contributed by atoms with Gasteiger partial charge in [-0.3, -0.25) is 4.52 Å². The Labute approximate surface area is 107 Å². The van der Waals surface area contributed by atoms with E-state index in [1.54, 1.807) is 24.3 Å². The predicted octanol–water partition coefficient (Wildman–Crippen LogP) is 3.95. The van der Waals surface area contributed by atoms with Gasteiger partial charge in [0.15, 0.2) is 11.5 Å². The molecule has 1 aromatic rings. The Kier molecular flexibility index (Phi) is 3.30. The van der Waals surface area contributed by atoms with E-state index in [0.717, 1.165) is 0 Å². The van der Waals surface area contributed by atoms with Crippen molar-refractivity contribution in [3.05, 3.63) is 24.3 Å². The van der Waals surface area contributed by atoms with Gasteiger partial charge < -0.3 is 9.05 Å². The molecule has 0 radical (unpaired) electrons. The molecule has 0 bridgehead atoms. The van der Waals surface area contributed by atoms with E-state index in [4.69, 9.17) is 48.4 Å². The maximum Gasteiger partial charge on any atom is 0.587 e. The van der Waals surface area contributed by atoms with E-state index in [0.29, 0.717) is 11.5 Å². The van der Waals surface area contributed by atoms with Crippen molar-refractivity contribution in [3.8, 4) is 11.5 Å². The first-order valence-electron chi connectivity index (χ1n) is 4.18. The van der Waals surface area contributed by atoms with Gasteiger partial charge in [-0.2, -0.15) is 0 Å². The van der Waals surface area contributed by atoms with Crippen LogP contribution in [0.2, 0.25) is 0 Å². The number of rotatable bonds is 2. The molecule has 1 heterocycles. The van der Waals surface area contributed by atoms with Crippen LogP contribution in [0.3, 0.4) is 0 Å². The van der Waals surface area contributed by atoms with Crippen LogP contribution in [0.25, 0.3) is 0 Å². The van der Waals surface area contributed by atoms with Crippen molar-refractivity contribution >= 4 is 42.6 Å². The normalized spacial score (nSPS) is 17.4. The molecule has 4 nitrogen and oxygen atoms in total. The molecule has 0 spiro atoms. The fourth-order valence-corrected chi connectivity index (χ4v) is 2.74. The Morgan fingerprint density at radius 3 is 2.12 bits per heavy atom. The number of hydrogen-bond acceptors (Lipinski definition) is 4. The number of alkyl halides is 3. The molecule has 0 aromatic heterocycles. The highest BCUT2D eigenvalue weighted by molar-refractivity contribution is 7.49. The van der Waals surface area contributed by atoms with Crippen LogP contribution in [0.15, 0.2) is 24.3 Å². The molecule has 1 aromatic carbocycles. The zero-order valence-electron chi connectivity index (χ0n) is 7.73. The summed E-state index contributed by atoms with van der Waals surface area (Å²) in [6.07, 6.45) is 0. The van der Waals surface area contributed by atoms with Crippen molar-refractivity contribution in [1.82, 2.24) is 0 Å². The van der Waals surface area contributed by atoms with Gasteiger partial charge in [-0.15, -0.1) is 0 Å². The molecule has 0 atom stereocenters. The zero-order chi connectivity index (χ0) is 11.8. The maximum atomic E-state index is 11.9. The lowest BCUT2D eigenvalue weighted by Gasteiger charge is -2.13. The van der Waals surface area contributed by atoms with E-state index in [-0.39, 0.29) is 6.61 Å². The number of phosphoric acid groups is 1. The van der Waals surface area contributed by atoms with Crippen LogP contribution in [0, 0.1) is 0 Å². The average molecular weight is 303 g/mol. The molecular formula is C8H6Cl3O4P. The average Bonchev–Trinajstić information content (AvgIpc) is 2.51. The minimum absolute atomic E-state index is 0.343. The number of halogens is 3. The lowest BCUT2D eigenvalue weighted by molar-refractivity contribution is 0.232. The van der Waals surface area contributed by atoms with E-state index < -0.39 is 11.6 Å². The fourth-order valence-electron chi connectivity index (χ4n) is 1.07. The van der Waals surface area contributed by atoms with Crippen LogP contribution in [0.1, 0.15) is 0 Å². The second-order valence-corrected chi connectivity index (χ2v) is 7.00. The lowest BCUT2D eigenvalue weighted by Crippen LogP contribution is -2.13. The standard InChI is InChI=1S/C8H6Cl3O4P/c9-8(10,11)5-13-16(12)14-6-3-1-2-4-7(6)15-16/h1-4H,5H2. The van der Waals surface area contributed by atoms with Crippen molar-refractivity contribution in [2.24, 2.45) is 0 Å². The largest absolute Gasteiger partial charge is 0.587 e. The molecule has 0 fully saturated rings. The molecule has 0 amide bonds. The molecule has 0 saturated heterocycles. The number of phosphoric ester groups is 1. The zero-order valence-corrected chi connectivity index (χ0v) is 10.9. The summed E-state index contributed by atoms with van der Waals surface area (Å²) in [7, 11) is -3.70. The summed E-state index contributed by atoms with van der Waals surface area (Å²) in [6, 6.07) is 6.64. The van der Waals surface area contributed by atoms with Gasteiger partial charge >= 0.3 is 7.82 Å². The van der Waals surface area contributed by atoms with Crippen LogP contribution in [0.5, 0.6) is 11.5 Å². The van der Waals surface area contributed by atoms with Gasteiger partial charge in [0.1, 0.15) is 6.61 Å². The number of hydrogen-bond donors (Lipinski definition) is 0. The van der Waals surface area contributed by atoms with E-state index in [9.17, 15) is 4.57 Å². The first-order chi connectivity index (χ1) is 7.38. The monoisotopic (exact) mass is 302 g/mol. The van der Waals surface area contributed by atoms with Gasteiger partial charge in [0, 0.05) is 0 Å². The third-order valence-electron chi connectivity index (χ3n) is 1.66. The van der Waals surface area contributed by atoms with Crippen molar-refractivity contribution in [2.45, 2.75) is 3.79 Å². The quantitative estimate of drug-likeness (QED) is 0.613. The summed E-state index contributed by atoms with van der Waals surface area (Å²) >= 11 is 16.4. The third kappa shape index (κ3) is 2.96. The van der Waals surface area contributed by atoms with E-state index in [1.807, 2.05) is 0 Å². The van der Waals surface area contributed by atoms with Crippen LogP contribution < -0.4 is 9.05 Å². The van der Waals surface area contributed by atoms with Crippen LogP contribution >= 0.6 is 42.6 Å². The number of benzene rings is 1. The molecular weight excluding hydrogens is 297 g/mol. The molecule has 0 N–H and O–H groups in total. The lowest BCUT2D eigenvalue weighted by atomic mass is 10.3. The van der Waals surface area contributed by atoms with Gasteiger partial charge in [-0.05, 0) is 12.1 Å². The van der Waals surface area contributed by atoms with Gasteiger partial charge in [0.2, 0.25) is 3.79 Å². The van der Waals surface area contributed by atoms with Crippen LogP contribution in [0.4, 0.5) is 0 Å². The summed E-state index contributed by atoms with van der Waals surface area (Å²) in [5.74, 6) is 0.685. The SMILES string of the molecule is O=P1(OCC(Cl)(Cl)Cl)Oc2ccccc2O1. The third-order valence-corrected chi connectivity index (χ3v) is 3.27. The Morgan fingerprint density at radius 2 is 1.69 bits per heavy atom. The minimum atomic E-state index is -3.70. The highest BCUT2D eigenvalue weighted by Gasteiger charge is 2.40. The summed E-state index contributed by atoms with van der Waals surface area (Å²) in [6.45, 7) is -0.386. The van der Waals surface area contributed by atoms with Gasteiger partial charge in [-0.1, -0.05) is 46.9 Å². The van der Waals surface area contributed by atoms with Crippen LogP contribution in [-0.2, 0) is 9.09 Å². The highest BCUT2D eigenvalue weighted by Crippen LogP contribution is 2.59. The van der Waals surface area contributed by atoms with Crippen molar-refractivity contribution in [1.29, 1.82) is 0 Å². The van der Waals surface area contributed by atoms with Gasteiger partial charge in [-0.25, -0.2) is 4.57 Å². The molecule has 0 unspecified atom stereocenters. The summed E-state index contributed by atoms with van der Waals surface area (Å²) in [4.78, 5) is 0. The Morgan fingerprint density at radius 1 is 1.19 bits per heavy atom. The van der Waals surface area contributed by atoms with Crippen molar-refractivity contribution in [3.63, 3.8) is 0 Å². The molecule has 88 valence electrons. The first-order valence-corrected chi connectivity index (χ1v) is 6.77. The first kappa shape index (κ1) is 12.3. The molecule has 0 saturated carbocycles. The second kappa shape index (κ2) is 4.28.